The largest absolute Gasteiger partial charge is 0.466 e. The highest BCUT2D eigenvalue weighted by Gasteiger charge is 2.06. The molecular formula is C17H30N4O3. The van der Waals surface area contributed by atoms with Crippen LogP contribution in [0, 0.1) is 13.8 Å². The van der Waals surface area contributed by atoms with Gasteiger partial charge in [-0.05, 0) is 33.6 Å². The quantitative estimate of drug-likeness (QED) is 0.295. The van der Waals surface area contributed by atoms with E-state index in [1.54, 1.807) is 7.05 Å². The number of rotatable bonds is 10. The first-order valence-electron chi connectivity index (χ1n) is 8.59. The molecular weight excluding hydrogens is 308 g/mol. The molecule has 1 rings (SSSR count). The average Bonchev–Trinajstić information content (AvgIpc) is 2.88. The zero-order valence-electron chi connectivity index (χ0n) is 15.3. The predicted molar refractivity (Wildman–Crippen MR) is 93.9 cm³/mol. The molecule has 0 atom stereocenters. The second kappa shape index (κ2) is 11.5. The Labute approximate surface area is 144 Å². The van der Waals surface area contributed by atoms with Gasteiger partial charge in [0.05, 0.1) is 18.8 Å². The number of oxazole rings is 1. The van der Waals surface area contributed by atoms with Gasteiger partial charge in [0.25, 0.3) is 0 Å². The van der Waals surface area contributed by atoms with Crippen molar-refractivity contribution in [3.63, 3.8) is 0 Å². The number of aryl methyl sites for hydroxylation is 2. The van der Waals surface area contributed by atoms with Crippen LogP contribution in [0.1, 0.15) is 56.4 Å². The van der Waals surface area contributed by atoms with Gasteiger partial charge in [0.1, 0.15) is 5.76 Å². The van der Waals surface area contributed by atoms with Crippen LogP contribution in [-0.4, -0.2) is 37.1 Å². The molecule has 1 aromatic rings. The third kappa shape index (κ3) is 7.99. The third-order valence-electron chi connectivity index (χ3n) is 3.61. The minimum absolute atomic E-state index is 0.0998. The van der Waals surface area contributed by atoms with E-state index in [0.717, 1.165) is 49.6 Å². The first-order valence-corrected chi connectivity index (χ1v) is 8.59. The summed E-state index contributed by atoms with van der Waals surface area (Å²) >= 11 is 0. The molecule has 0 amide bonds. The second-order valence-electron chi connectivity index (χ2n) is 5.57. The molecule has 0 unspecified atom stereocenters. The number of carbonyl (C=O) groups excluding carboxylic acids is 1. The summed E-state index contributed by atoms with van der Waals surface area (Å²) in [6.07, 6.45) is 4.53. The van der Waals surface area contributed by atoms with Crippen molar-refractivity contribution < 1.29 is 13.9 Å². The van der Waals surface area contributed by atoms with Gasteiger partial charge >= 0.3 is 5.97 Å². The second-order valence-corrected chi connectivity index (χ2v) is 5.57. The standard InChI is InChI=1S/C17H30N4O3/c1-5-23-16(22)10-8-6-7-9-11-19-17(18-4)20-12-15-21-13(2)14(3)24-15/h5-12H2,1-4H3,(H2,18,19,20). The fourth-order valence-corrected chi connectivity index (χ4v) is 2.18. The van der Waals surface area contributed by atoms with Crippen molar-refractivity contribution in [2.75, 3.05) is 20.2 Å². The SMILES string of the molecule is CCOC(=O)CCCCCCNC(=NC)NCc1nc(C)c(C)o1. The Balaban J connectivity index is 2.09. The Morgan fingerprint density at radius 3 is 2.58 bits per heavy atom. The Bertz CT molecular complexity index is 506. The molecule has 0 aliphatic carbocycles. The normalized spacial score (nSPS) is 11.4. The van der Waals surface area contributed by atoms with Crippen molar-refractivity contribution in [2.45, 2.75) is 59.4 Å². The van der Waals surface area contributed by atoms with E-state index in [1.165, 1.54) is 0 Å². The molecule has 7 nitrogen and oxygen atoms in total. The maximum atomic E-state index is 11.2. The number of aliphatic imine (C=N–C) groups is 1. The van der Waals surface area contributed by atoms with Gasteiger partial charge in [-0.2, -0.15) is 0 Å². The zero-order chi connectivity index (χ0) is 17.8. The minimum atomic E-state index is -0.0998. The lowest BCUT2D eigenvalue weighted by molar-refractivity contribution is -0.143. The molecule has 0 aromatic carbocycles. The van der Waals surface area contributed by atoms with Crippen molar-refractivity contribution in [1.82, 2.24) is 15.6 Å². The number of carbonyl (C=O) groups is 1. The summed E-state index contributed by atoms with van der Waals surface area (Å²) in [5, 5.41) is 6.44. The van der Waals surface area contributed by atoms with Crippen LogP contribution in [0.5, 0.6) is 0 Å². The van der Waals surface area contributed by atoms with Gasteiger partial charge in [0, 0.05) is 20.0 Å². The number of hydrogen-bond acceptors (Lipinski definition) is 5. The molecule has 0 aliphatic heterocycles. The molecule has 2 N–H and O–H groups in total. The summed E-state index contributed by atoms with van der Waals surface area (Å²) in [5.41, 5.74) is 0.914. The van der Waals surface area contributed by atoms with E-state index in [-0.39, 0.29) is 5.97 Å². The van der Waals surface area contributed by atoms with Crippen LogP contribution >= 0.6 is 0 Å². The number of hydrogen-bond donors (Lipinski definition) is 2. The van der Waals surface area contributed by atoms with Crippen LogP contribution < -0.4 is 10.6 Å². The Hall–Kier alpha value is -2.05. The number of aromatic nitrogens is 1. The maximum Gasteiger partial charge on any atom is 0.305 e. The van der Waals surface area contributed by atoms with Crippen LogP contribution in [-0.2, 0) is 16.1 Å². The van der Waals surface area contributed by atoms with Crippen molar-refractivity contribution in [1.29, 1.82) is 0 Å². The smallest absolute Gasteiger partial charge is 0.305 e. The van der Waals surface area contributed by atoms with E-state index in [1.807, 2.05) is 20.8 Å². The monoisotopic (exact) mass is 338 g/mol. The molecule has 0 saturated carbocycles. The van der Waals surface area contributed by atoms with E-state index in [2.05, 4.69) is 20.6 Å². The lowest BCUT2D eigenvalue weighted by atomic mass is 10.1. The average molecular weight is 338 g/mol. The van der Waals surface area contributed by atoms with Crippen LogP contribution in [0.25, 0.3) is 0 Å². The van der Waals surface area contributed by atoms with E-state index >= 15 is 0 Å². The molecule has 0 aliphatic rings. The number of nitrogens with zero attached hydrogens (tertiary/aromatic N) is 2. The first-order chi connectivity index (χ1) is 11.6. The lowest BCUT2D eigenvalue weighted by Crippen LogP contribution is -2.37. The molecule has 0 saturated heterocycles. The van der Waals surface area contributed by atoms with Gasteiger partial charge in [-0.1, -0.05) is 12.8 Å². The molecule has 1 aromatic heterocycles. The molecule has 0 radical (unpaired) electrons. The van der Waals surface area contributed by atoms with Crippen LogP contribution in [0.15, 0.2) is 9.41 Å². The van der Waals surface area contributed by atoms with Gasteiger partial charge in [-0.3, -0.25) is 9.79 Å². The highest BCUT2D eigenvalue weighted by atomic mass is 16.5. The topological polar surface area (TPSA) is 88.8 Å². The van der Waals surface area contributed by atoms with Gasteiger partial charge in [0.15, 0.2) is 5.96 Å². The van der Waals surface area contributed by atoms with E-state index in [9.17, 15) is 4.79 Å². The van der Waals surface area contributed by atoms with Crippen LogP contribution in [0.4, 0.5) is 0 Å². The fraction of sp³-hybridized carbons (Fsp3) is 0.706. The molecule has 0 bridgehead atoms. The molecule has 7 heteroatoms. The van der Waals surface area contributed by atoms with Gasteiger partial charge in [-0.15, -0.1) is 0 Å². The Morgan fingerprint density at radius 2 is 1.96 bits per heavy atom. The van der Waals surface area contributed by atoms with Gasteiger partial charge < -0.3 is 19.8 Å². The van der Waals surface area contributed by atoms with Gasteiger partial charge in [-0.25, -0.2) is 4.98 Å². The highest BCUT2D eigenvalue weighted by Crippen LogP contribution is 2.07. The Morgan fingerprint density at radius 1 is 1.21 bits per heavy atom. The number of nitrogens with one attached hydrogen (secondary N) is 2. The van der Waals surface area contributed by atoms with E-state index in [0.29, 0.717) is 25.5 Å². The molecule has 136 valence electrons. The summed E-state index contributed by atoms with van der Waals surface area (Å²) in [5.74, 6) is 2.14. The Kier molecular flexibility index (Phi) is 9.56. The fourth-order valence-electron chi connectivity index (χ4n) is 2.18. The molecule has 0 spiro atoms. The first kappa shape index (κ1) is 20.0. The summed E-state index contributed by atoms with van der Waals surface area (Å²) in [4.78, 5) is 19.7. The van der Waals surface area contributed by atoms with Crippen molar-refractivity contribution >= 4 is 11.9 Å². The molecule has 1 heterocycles. The summed E-state index contributed by atoms with van der Waals surface area (Å²) < 4.78 is 10.4. The van der Waals surface area contributed by atoms with E-state index in [4.69, 9.17) is 9.15 Å². The zero-order valence-corrected chi connectivity index (χ0v) is 15.3. The van der Waals surface area contributed by atoms with Gasteiger partial charge in [0.2, 0.25) is 5.89 Å². The summed E-state index contributed by atoms with van der Waals surface area (Å²) in [7, 11) is 1.74. The lowest BCUT2D eigenvalue weighted by Gasteiger charge is -2.10. The number of guanidine groups is 1. The maximum absolute atomic E-state index is 11.2. The summed E-state index contributed by atoms with van der Waals surface area (Å²) in [6, 6.07) is 0. The number of unbranched alkanes of at least 4 members (excludes halogenated alkanes) is 3. The van der Waals surface area contributed by atoms with E-state index < -0.39 is 0 Å². The highest BCUT2D eigenvalue weighted by molar-refractivity contribution is 5.79. The van der Waals surface area contributed by atoms with Crippen molar-refractivity contribution in [3.8, 4) is 0 Å². The minimum Gasteiger partial charge on any atom is -0.466 e. The van der Waals surface area contributed by atoms with Crippen molar-refractivity contribution in [3.05, 3.63) is 17.3 Å². The number of ether oxygens (including phenoxy) is 1. The third-order valence-corrected chi connectivity index (χ3v) is 3.61. The summed E-state index contributed by atoms with van der Waals surface area (Å²) in [6.45, 7) is 7.46. The van der Waals surface area contributed by atoms with Crippen molar-refractivity contribution in [2.24, 2.45) is 4.99 Å². The number of esters is 1. The predicted octanol–water partition coefficient (Wildman–Crippen LogP) is 2.47. The molecule has 0 fully saturated rings. The van der Waals surface area contributed by atoms with Crippen LogP contribution in [0.2, 0.25) is 0 Å². The van der Waals surface area contributed by atoms with Crippen LogP contribution in [0.3, 0.4) is 0 Å². The molecule has 24 heavy (non-hydrogen) atoms.